The van der Waals surface area contributed by atoms with Crippen LogP contribution >= 0.6 is 0 Å². The number of aryl methyl sites for hydroxylation is 1. The Kier molecular flexibility index (Phi) is 3.59. The maximum atomic E-state index is 12.1. The molecule has 0 bridgehead atoms. The van der Waals surface area contributed by atoms with Crippen molar-refractivity contribution >= 4 is 17.1 Å². The molecule has 6 heteroatoms. The van der Waals surface area contributed by atoms with E-state index in [4.69, 9.17) is 0 Å². The van der Waals surface area contributed by atoms with Gasteiger partial charge in [0.15, 0.2) is 11.3 Å². The lowest BCUT2D eigenvalue weighted by Gasteiger charge is -2.11. The second-order valence-corrected chi connectivity index (χ2v) is 4.45. The van der Waals surface area contributed by atoms with Crippen LogP contribution in [0.1, 0.15) is 30.8 Å². The van der Waals surface area contributed by atoms with Crippen molar-refractivity contribution in [3.63, 3.8) is 0 Å². The molecule has 6 nitrogen and oxygen atoms in total. The highest BCUT2D eigenvalue weighted by molar-refractivity contribution is 5.93. The zero-order valence-electron chi connectivity index (χ0n) is 11.2. The van der Waals surface area contributed by atoms with E-state index in [-0.39, 0.29) is 11.7 Å². The molecule has 0 saturated carbocycles. The highest BCUT2D eigenvalue weighted by Gasteiger charge is 2.17. The van der Waals surface area contributed by atoms with Gasteiger partial charge in [0.1, 0.15) is 5.52 Å². The van der Waals surface area contributed by atoms with Crippen molar-refractivity contribution in [3.05, 3.63) is 34.4 Å². The zero-order valence-corrected chi connectivity index (χ0v) is 11.2. The lowest BCUT2D eigenvalue weighted by molar-refractivity contribution is 0.0932. The molecule has 0 aliphatic carbocycles. The molecule has 1 unspecified atom stereocenters. The molecule has 0 radical (unpaired) electrons. The normalized spacial score (nSPS) is 12.4. The van der Waals surface area contributed by atoms with Gasteiger partial charge in [-0.2, -0.15) is 0 Å². The van der Waals surface area contributed by atoms with Crippen LogP contribution in [0, 0.1) is 0 Å². The molecule has 2 rings (SSSR count). The topological polar surface area (TPSA) is 76.9 Å². The summed E-state index contributed by atoms with van der Waals surface area (Å²) in [4.78, 5) is 32.3. The minimum atomic E-state index is -0.444. The summed E-state index contributed by atoms with van der Waals surface area (Å²) in [7, 11) is 1.58. The fourth-order valence-electron chi connectivity index (χ4n) is 1.70. The molecule has 0 aromatic carbocycles. The van der Waals surface area contributed by atoms with Crippen LogP contribution in [0.15, 0.2) is 23.1 Å². The number of carbonyl (C=O) groups is 1. The average Bonchev–Trinajstić information content (AvgIpc) is 2.42. The molecule has 0 aliphatic rings. The van der Waals surface area contributed by atoms with Crippen LogP contribution in [-0.2, 0) is 7.05 Å². The molecule has 1 amide bonds. The first-order chi connectivity index (χ1) is 9.04. The molecule has 0 saturated heterocycles. The van der Waals surface area contributed by atoms with Crippen molar-refractivity contribution < 1.29 is 4.79 Å². The first-order valence-corrected chi connectivity index (χ1v) is 6.17. The van der Waals surface area contributed by atoms with Crippen LogP contribution in [0.25, 0.3) is 11.2 Å². The van der Waals surface area contributed by atoms with Crippen LogP contribution in [0.5, 0.6) is 0 Å². The predicted octanol–water partition coefficient (Wildman–Crippen LogP) is 0.857. The highest BCUT2D eigenvalue weighted by atomic mass is 16.2. The lowest BCUT2D eigenvalue weighted by atomic mass is 10.2. The minimum absolute atomic E-state index is 0.00333. The van der Waals surface area contributed by atoms with Crippen molar-refractivity contribution in [1.29, 1.82) is 0 Å². The number of pyridine rings is 1. The summed E-state index contributed by atoms with van der Waals surface area (Å²) in [5, 5.41) is 2.74. The van der Waals surface area contributed by atoms with Gasteiger partial charge in [-0.15, -0.1) is 0 Å². The second-order valence-electron chi connectivity index (χ2n) is 4.45. The molecular weight excluding hydrogens is 244 g/mol. The van der Waals surface area contributed by atoms with Gasteiger partial charge in [-0.1, -0.05) is 6.92 Å². The third-order valence-electron chi connectivity index (χ3n) is 3.03. The van der Waals surface area contributed by atoms with E-state index in [1.807, 2.05) is 13.8 Å². The number of nitrogens with one attached hydrogen (secondary N) is 1. The molecule has 19 heavy (non-hydrogen) atoms. The largest absolute Gasteiger partial charge is 0.348 e. The maximum Gasteiger partial charge on any atom is 0.283 e. The Balaban J connectivity index is 2.53. The van der Waals surface area contributed by atoms with Crippen molar-refractivity contribution in [3.8, 4) is 0 Å². The second kappa shape index (κ2) is 5.17. The van der Waals surface area contributed by atoms with Gasteiger partial charge in [-0.05, 0) is 25.5 Å². The first-order valence-electron chi connectivity index (χ1n) is 6.17. The minimum Gasteiger partial charge on any atom is -0.348 e. The van der Waals surface area contributed by atoms with Gasteiger partial charge in [0, 0.05) is 19.3 Å². The summed E-state index contributed by atoms with van der Waals surface area (Å²) < 4.78 is 1.34. The molecule has 2 aromatic rings. The van der Waals surface area contributed by atoms with Gasteiger partial charge in [-0.3, -0.25) is 14.2 Å². The Labute approximate surface area is 110 Å². The lowest BCUT2D eigenvalue weighted by Crippen LogP contribution is -2.38. The van der Waals surface area contributed by atoms with Gasteiger partial charge in [0.05, 0.1) is 0 Å². The van der Waals surface area contributed by atoms with Gasteiger partial charge >= 0.3 is 0 Å². The molecule has 0 spiro atoms. The van der Waals surface area contributed by atoms with Crippen molar-refractivity contribution in [1.82, 2.24) is 19.9 Å². The smallest absolute Gasteiger partial charge is 0.283 e. The number of rotatable bonds is 3. The van der Waals surface area contributed by atoms with Crippen LogP contribution in [0.4, 0.5) is 0 Å². The van der Waals surface area contributed by atoms with E-state index in [0.717, 1.165) is 6.42 Å². The van der Waals surface area contributed by atoms with Gasteiger partial charge < -0.3 is 5.32 Å². The molecule has 100 valence electrons. The number of carbonyl (C=O) groups excluding carboxylic acids is 1. The van der Waals surface area contributed by atoms with Crippen LogP contribution in [0.3, 0.4) is 0 Å². The Morgan fingerprint density at radius 2 is 2.26 bits per heavy atom. The number of aromatic nitrogens is 3. The van der Waals surface area contributed by atoms with E-state index in [9.17, 15) is 9.59 Å². The molecule has 0 aliphatic heterocycles. The van der Waals surface area contributed by atoms with E-state index in [1.54, 1.807) is 25.4 Å². The van der Waals surface area contributed by atoms with Crippen LogP contribution in [-0.4, -0.2) is 26.5 Å². The number of nitrogens with zero attached hydrogens (tertiary/aromatic N) is 3. The maximum absolute atomic E-state index is 12.1. The summed E-state index contributed by atoms with van der Waals surface area (Å²) in [6.45, 7) is 3.84. The standard InChI is InChI=1S/C13H16N4O2/c1-4-8(2)15-12(18)10-13(19)17(3)11-9(16-10)6-5-7-14-11/h5-8H,4H2,1-3H3,(H,15,18). The van der Waals surface area contributed by atoms with Crippen LogP contribution < -0.4 is 10.9 Å². The Morgan fingerprint density at radius 1 is 1.53 bits per heavy atom. The zero-order chi connectivity index (χ0) is 14.0. The fraction of sp³-hybridized carbons (Fsp3) is 0.385. The van der Waals surface area contributed by atoms with Gasteiger partial charge in [0.25, 0.3) is 11.5 Å². The number of fused-ring (bicyclic) bond motifs is 1. The fourth-order valence-corrected chi connectivity index (χ4v) is 1.70. The average molecular weight is 260 g/mol. The summed E-state index contributed by atoms with van der Waals surface area (Å²) in [5.41, 5.74) is 0.460. The van der Waals surface area contributed by atoms with Crippen molar-refractivity contribution in [2.75, 3.05) is 0 Å². The van der Waals surface area contributed by atoms with E-state index in [0.29, 0.717) is 11.2 Å². The summed E-state index contributed by atoms with van der Waals surface area (Å²) >= 11 is 0. The van der Waals surface area contributed by atoms with Crippen molar-refractivity contribution in [2.45, 2.75) is 26.3 Å². The Morgan fingerprint density at radius 3 is 2.95 bits per heavy atom. The van der Waals surface area contributed by atoms with E-state index < -0.39 is 11.5 Å². The third-order valence-corrected chi connectivity index (χ3v) is 3.03. The van der Waals surface area contributed by atoms with Gasteiger partial charge in [0.2, 0.25) is 0 Å². The summed E-state index contributed by atoms with van der Waals surface area (Å²) in [6.07, 6.45) is 2.38. The Bertz CT molecular complexity index is 678. The number of hydrogen-bond acceptors (Lipinski definition) is 4. The monoisotopic (exact) mass is 260 g/mol. The van der Waals surface area contributed by atoms with Gasteiger partial charge in [-0.25, -0.2) is 9.97 Å². The molecule has 0 fully saturated rings. The first kappa shape index (κ1) is 13.2. The van der Waals surface area contributed by atoms with E-state index >= 15 is 0 Å². The van der Waals surface area contributed by atoms with Crippen LogP contribution in [0.2, 0.25) is 0 Å². The predicted molar refractivity (Wildman–Crippen MR) is 72.0 cm³/mol. The summed E-state index contributed by atoms with van der Waals surface area (Å²) in [5.74, 6) is -0.444. The highest BCUT2D eigenvalue weighted by Crippen LogP contribution is 2.05. The molecular formula is C13H16N4O2. The molecule has 2 aromatic heterocycles. The number of amides is 1. The Hall–Kier alpha value is -2.24. The number of hydrogen-bond donors (Lipinski definition) is 1. The van der Waals surface area contributed by atoms with E-state index in [2.05, 4.69) is 15.3 Å². The third kappa shape index (κ3) is 2.47. The molecule has 2 heterocycles. The molecule has 1 N–H and O–H groups in total. The van der Waals surface area contributed by atoms with Crippen molar-refractivity contribution in [2.24, 2.45) is 7.05 Å². The van der Waals surface area contributed by atoms with E-state index in [1.165, 1.54) is 4.57 Å². The molecule has 1 atom stereocenters. The quantitative estimate of drug-likeness (QED) is 0.887. The SMILES string of the molecule is CCC(C)NC(=O)c1nc2cccnc2n(C)c1=O. The summed E-state index contributed by atoms with van der Waals surface area (Å²) in [6, 6.07) is 3.45.